The highest BCUT2D eigenvalue weighted by Crippen LogP contribution is 2.39. The van der Waals surface area contributed by atoms with Gasteiger partial charge in [-0.15, -0.1) is 0 Å². The monoisotopic (exact) mass is 591 g/mol. The SMILES string of the molecule is CCOC(=O)c1cccc(F)c1S(=O)(=O)Nc1ccc(Br)c(C(C)CO[Si](C)(C)C(C)(C)C)c1F. The molecule has 0 fully saturated rings. The summed E-state index contributed by atoms with van der Waals surface area (Å²) in [6, 6.07) is 5.97. The molecule has 1 atom stereocenters. The van der Waals surface area contributed by atoms with Crippen LogP contribution in [-0.2, 0) is 19.2 Å². The largest absolute Gasteiger partial charge is 0.462 e. The minimum Gasteiger partial charge on any atom is -0.462 e. The van der Waals surface area contributed by atoms with E-state index in [4.69, 9.17) is 9.16 Å². The second-order valence-corrected chi connectivity index (χ2v) is 17.0. The van der Waals surface area contributed by atoms with Gasteiger partial charge in [0.15, 0.2) is 14.1 Å². The van der Waals surface area contributed by atoms with Crippen molar-refractivity contribution in [3.8, 4) is 0 Å². The Morgan fingerprint density at radius 1 is 1.17 bits per heavy atom. The molecule has 194 valence electrons. The maximum atomic E-state index is 15.6. The fourth-order valence-corrected chi connectivity index (χ4v) is 6.19. The highest BCUT2D eigenvalue weighted by molar-refractivity contribution is 9.10. The number of carbonyl (C=O) groups is 1. The molecule has 0 aliphatic heterocycles. The number of ether oxygens (including phenoxy) is 1. The first-order valence-electron chi connectivity index (χ1n) is 11.1. The Kier molecular flexibility index (Phi) is 9.29. The summed E-state index contributed by atoms with van der Waals surface area (Å²) in [5, 5.41) is -0.0314. The number of sulfonamides is 1. The van der Waals surface area contributed by atoms with Gasteiger partial charge in [-0.2, -0.15) is 0 Å². The molecule has 0 amide bonds. The number of carbonyl (C=O) groups excluding carboxylic acids is 1. The standard InChI is InChI=1S/C24H32BrF2NO5SSi/c1-8-32-23(29)16-10-9-11-18(26)22(16)34(30,31)28-19-13-12-17(25)20(21(19)27)15(2)14-33-35(6,7)24(3,4)5/h9-13,15,28H,8,14H2,1-7H3. The predicted octanol–water partition coefficient (Wildman–Crippen LogP) is 6.83. The molecule has 0 aliphatic rings. The van der Waals surface area contributed by atoms with Gasteiger partial charge in [0.05, 0.1) is 17.9 Å². The van der Waals surface area contributed by atoms with Gasteiger partial charge in [0, 0.05) is 22.6 Å². The first-order valence-corrected chi connectivity index (χ1v) is 16.3. The molecule has 0 saturated heterocycles. The average molecular weight is 593 g/mol. The van der Waals surface area contributed by atoms with Crippen molar-refractivity contribution in [2.45, 2.75) is 63.6 Å². The molecule has 2 aromatic carbocycles. The lowest BCUT2D eigenvalue weighted by Crippen LogP contribution is -2.41. The number of halogens is 3. The number of nitrogens with one attached hydrogen (secondary N) is 1. The molecular weight excluding hydrogens is 560 g/mol. The molecule has 0 aliphatic carbocycles. The maximum Gasteiger partial charge on any atom is 0.339 e. The summed E-state index contributed by atoms with van der Waals surface area (Å²) in [4.78, 5) is 11.3. The van der Waals surface area contributed by atoms with Crippen molar-refractivity contribution >= 4 is 45.9 Å². The van der Waals surface area contributed by atoms with Crippen LogP contribution in [0.15, 0.2) is 39.7 Å². The lowest BCUT2D eigenvalue weighted by molar-refractivity contribution is 0.0520. The van der Waals surface area contributed by atoms with Crippen LogP contribution in [0.25, 0.3) is 0 Å². The van der Waals surface area contributed by atoms with Gasteiger partial charge in [-0.05, 0) is 49.3 Å². The Labute approximate surface area is 215 Å². The van der Waals surface area contributed by atoms with Gasteiger partial charge < -0.3 is 9.16 Å². The van der Waals surface area contributed by atoms with E-state index in [-0.39, 0.29) is 29.5 Å². The Morgan fingerprint density at radius 3 is 2.37 bits per heavy atom. The molecular formula is C24H32BrF2NO5SSi. The van der Waals surface area contributed by atoms with Crippen LogP contribution in [0, 0.1) is 11.6 Å². The molecule has 0 heterocycles. The van der Waals surface area contributed by atoms with Crippen LogP contribution < -0.4 is 4.72 Å². The number of anilines is 1. The number of benzene rings is 2. The van der Waals surface area contributed by atoms with Crippen LogP contribution in [0.5, 0.6) is 0 Å². The molecule has 2 rings (SSSR count). The van der Waals surface area contributed by atoms with E-state index in [0.29, 0.717) is 4.47 Å². The van der Waals surface area contributed by atoms with Gasteiger partial charge in [-0.3, -0.25) is 4.72 Å². The highest BCUT2D eigenvalue weighted by Gasteiger charge is 2.38. The third-order valence-electron chi connectivity index (χ3n) is 6.10. The lowest BCUT2D eigenvalue weighted by Gasteiger charge is -2.37. The fraction of sp³-hybridized carbons (Fsp3) is 0.458. The molecule has 2 aromatic rings. The van der Waals surface area contributed by atoms with Crippen molar-refractivity contribution in [3.63, 3.8) is 0 Å². The van der Waals surface area contributed by atoms with Crippen LogP contribution in [0.4, 0.5) is 14.5 Å². The van der Waals surface area contributed by atoms with Crippen molar-refractivity contribution < 1.29 is 31.2 Å². The molecule has 0 aromatic heterocycles. The normalized spacial score (nSPS) is 13.4. The Morgan fingerprint density at radius 2 is 1.80 bits per heavy atom. The van der Waals surface area contributed by atoms with Crippen LogP contribution in [0.3, 0.4) is 0 Å². The van der Waals surface area contributed by atoms with E-state index in [1.165, 1.54) is 18.2 Å². The first-order chi connectivity index (χ1) is 16.0. The molecule has 1 unspecified atom stereocenters. The second-order valence-electron chi connectivity index (χ2n) is 9.74. The van der Waals surface area contributed by atoms with Crippen LogP contribution in [0.2, 0.25) is 18.1 Å². The number of rotatable bonds is 9. The summed E-state index contributed by atoms with van der Waals surface area (Å²) in [7, 11) is -6.77. The van der Waals surface area contributed by atoms with Gasteiger partial charge in [-0.25, -0.2) is 22.0 Å². The number of hydrogen-bond acceptors (Lipinski definition) is 5. The molecule has 0 radical (unpaired) electrons. The molecule has 6 nitrogen and oxygen atoms in total. The van der Waals surface area contributed by atoms with Crippen LogP contribution >= 0.6 is 15.9 Å². The topological polar surface area (TPSA) is 81.7 Å². The zero-order valence-electron chi connectivity index (χ0n) is 21.0. The molecule has 11 heteroatoms. The van der Waals surface area contributed by atoms with E-state index >= 15 is 4.39 Å². The van der Waals surface area contributed by atoms with Gasteiger partial charge in [0.1, 0.15) is 10.7 Å². The summed E-state index contributed by atoms with van der Waals surface area (Å²) < 4.78 is 69.9. The van der Waals surface area contributed by atoms with Crippen molar-refractivity contribution in [2.24, 2.45) is 0 Å². The second kappa shape index (κ2) is 11.1. The minimum atomic E-state index is -4.68. The Hall–Kier alpha value is -1.82. The summed E-state index contributed by atoms with van der Waals surface area (Å²) in [5.41, 5.74) is -0.628. The zero-order chi connectivity index (χ0) is 26.8. The van der Waals surface area contributed by atoms with Crippen molar-refractivity contribution in [3.05, 3.63) is 57.6 Å². The van der Waals surface area contributed by atoms with Crippen molar-refractivity contribution in [2.75, 3.05) is 17.9 Å². The van der Waals surface area contributed by atoms with E-state index in [9.17, 15) is 17.6 Å². The Balaban J connectivity index is 2.43. The molecule has 0 spiro atoms. The lowest BCUT2D eigenvalue weighted by atomic mass is 10.0. The molecule has 0 saturated carbocycles. The predicted molar refractivity (Wildman–Crippen MR) is 139 cm³/mol. The van der Waals surface area contributed by atoms with Crippen LogP contribution in [-0.4, -0.2) is 35.9 Å². The minimum absolute atomic E-state index is 0.0260. The highest BCUT2D eigenvalue weighted by atomic mass is 79.9. The zero-order valence-corrected chi connectivity index (χ0v) is 24.4. The third-order valence-corrected chi connectivity index (χ3v) is 12.7. The third kappa shape index (κ3) is 6.69. The van der Waals surface area contributed by atoms with Gasteiger partial charge in [0.25, 0.3) is 10.0 Å². The van der Waals surface area contributed by atoms with Gasteiger partial charge in [0.2, 0.25) is 0 Å². The first kappa shape index (κ1) is 29.4. The number of esters is 1. The van der Waals surface area contributed by atoms with Crippen molar-refractivity contribution in [1.82, 2.24) is 0 Å². The van der Waals surface area contributed by atoms with E-state index in [1.807, 2.05) is 0 Å². The summed E-state index contributed by atoms with van der Waals surface area (Å²) in [6.07, 6.45) is 0. The molecule has 35 heavy (non-hydrogen) atoms. The summed E-state index contributed by atoms with van der Waals surface area (Å²) in [6.45, 7) is 14.0. The smallest absolute Gasteiger partial charge is 0.339 e. The van der Waals surface area contributed by atoms with E-state index in [0.717, 1.165) is 12.1 Å². The average Bonchev–Trinajstić information content (AvgIpc) is 2.73. The summed E-state index contributed by atoms with van der Waals surface area (Å²) in [5.74, 6) is -3.38. The van der Waals surface area contributed by atoms with Crippen molar-refractivity contribution in [1.29, 1.82) is 0 Å². The maximum absolute atomic E-state index is 15.6. The molecule has 0 bridgehead atoms. The van der Waals surface area contributed by atoms with Crippen LogP contribution in [0.1, 0.15) is 56.5 Å². The van der Waals surface area contributed by atoms with E-state index in [2.05, 4.69) is 54.5 Å². The number of hydrogen-bond donors (Lipinski definition) is 1. The Bertz CT molecular complexity index is 1200. The quantitative estimate of drug-likeness (QED) is 0.255. The molecule has 1 N–H and O–H groups in total. The van der Waals surface area contributed by atoms with E-state index in [1.54, 1.807) is 13.8 Å². The summed E-state index contributed by atoms with van der Waals surface area (Å²) >= 11 is 3.34. The van der Waals surface area contributed by atoms with Gasteiger partial charge in [-0.1, -0.05) is 49.7 Å². The fourth-order valence-electron chi connectivity index (χ4n) is 3.08. The van der Waals surface area contributed by atoms with Gasteiger partial charge >= 0.3 is 5.97 Å². The van der Waals surface area contributed by atoms with E-state index < -0.39 is 52.3 Å².